The van der Waals surface area contributed by atoms with Crippen LogP contribution in [0.5, 0.6) is 0 Å². The Labute approximate surface area is 192 Å². The first-order chi connectivity index (χ1) is 15.6. The van der Waals surface area contributed by atoms with E-state index < -0.39 is 11.7 Å². The van der Waals surface area contributed by atoms with Crippen molar-refractivity contribution in [2.75, 3.05) is 49.6 Å². The summed E-state index contributed by atoms with van der Waals surface area (Å²) in [5, 5.41) is 0. The van der Waals surface area contributed by atoms with Crippen molar-refractivity contribution in [1.29, 1.82) is 0 Å². The van der Waals surface area contributed by atoms with E-state index in [0.29, 0.717) is 32.0 Å². The average Bonchev–Trinajstić information content (AvgIpc) is 2.93. The van der Waals surface area contributed by atoms with Crippen molar-refractivity contribution < 1.29 is 18.0 Å². The van der Waals surface area contributed by atoms with Crippen molar-refractivity contribution in [2.45, 2.75) is 31.9 Å². The van der Waals surface area contributed by atoms with Gasteiger partial charge in [0.1, 0.15) is 5.82 Å². The molecule has 2 aliphatic rings. The van der Waals surface area contributed by atoms with E-state index in [0.717, 1.165) is 36.6 Å². The Kier molecular flexibility index (Phi) is 6.22. The van der Waals surface area contributed by atoms with Gasteiger partial charge in [0.05, 0.1) is 12.1 Å². The van der Waals surface area contributed by atoms with Crippen molar-refractivity contribution in [3.8, 4) is 0 Å². The molecule has 0 bridgehead atoms. The van der Waals surface area contributed by atoms with Gasteiger partial charge >= 0.3 is 6.18 Å². The molecule has 3 heterocycles. The number of carbonyl (C=O) groups is 1. The van der Waals surface area contributed by atoms with Crippen LogP contribution in [0.25, 0.3) is 0 Å². The molecule has 0 N–H and O–H groups in total. The monoisotopic (exact) mass is 458 g/mol. The fraction of sp³-hybridized carbons (Fsp3) is 0.440. The van der Waals surface area contributed by atoms with Gasteiger partial charge < -0.3 is 9.80 Å². The zero-order valence-electron chi connectivity index (χ0n) is 19.2. The summed E-state index contributed by atoms with van der Waals surface area (Å²) in [5.41, 5.74) is 2.32. The van der Waals surface area contributed by atoms with E-state index in [4.69, 9.17) is 0 Å². The Bertz CT molecular complexity index is 1050. The summed E-state index contributed by atoms with van der Waals surface area (Å²) in [6.45, 7) is 7.29. The molecule has 0 saturated carbocycles. The highest BCUT2D eigenvalue weighted by Crippen LogP contribution is 2.46. The minimum atomic E-state index is -4.39. The van der Waals surface area contributed by atoms with Gasteiger partial charge in [-0.1, -0.05) is 32.0 Å². The van der Waals surface area contributed by atoms with Crippen molar-refractivity contribution in [3.05, 3.63) is 65.5 Å². The summed E-state index contributed by atoms with van der Waals surface area (Å²) < 4.78 is 38.4. The number of benzene rings is 1. The normalized spacial score (nSPS) is 20.1. The first-order valence-corrected chi connectivity index (χ1v) is 11.2. The third-order valence-electron chi connectivity index (χ3n) is 6.61. The number of anilines is 2. The summed E-state index contributed by atoms with van der Waals surface area (Å²) in [6.07, 6.45) is -0.936. The van der Waals surface area contributed by atoms with E-state index in [1.54, 1.807) is 6.08 Å². The van der Waals surface area contributed by atoms with Crippen LogP contribution < -0.4 is 9.80 Å². The van der Waals surface area contributed by atoms with Gasteiger partial charge in [-0.05, 0) is 30.2 Å². The number of aromatic nitrogens is 1. The second-order valence-corrected chi connectivity index (χ2v) is 9.22. The van der Waals surface area contributed by atoms with Gasteiger partial charge in [-0.25, -0.2) is 4.98 Å². The van der Waals surface area contributed by atoms with Gasteiger partial charge in [-0.3, -0.25) is 9.69 Å². The van der Waals surface area contributed by atoms with Gasteiger partial charge in [0.2, 0.25) is 0 Å². The van der Waals surface area contributed by atoms with Gasteiger partial charge in [0, 0.05) is 62.3 Å². The molecule has 1 aromatic carbocycles. The molecule has 1 aromatic heterocycles. The predicted octanol–water partition coefficient (Wildman–Crippen LogP) is 4.49. The van der Waals surface area contributed by atoms with E-state index in [9.17, 15) is 18.0 Å². The highest BCUT2D eigenvalue weighted by Gasteiger charge is 2.38. The SMILES string of the molecule is CN1/C(=C\C(=O)CN2CCCN(c3ccc(C(F)(F)F)cn3)CC2)C(C)(C)c2ccccc21. The summed E-state index contributed by atoms with van der Waals surface area (Å²) in [7, 11) is 1.99. The second kappa shape index (κ2) is 8.82. The summed E-state index contributed by atoms with van der Waals surface area (Å²) in [6, 6.07) is 10.7. The maximum absolute atomic E-state index is 13.0. The molecule has 176 valence electrons. The molecule has 5 nitrogen and oxygen atoms in total. The third-order valence-corrected chi connectivity index (χ3v) is 6.61. The molecule has 4 rings (SSSR count). The van der Waals surface area contributed by atoms with E-state index >= 15 is 0 Å². The number of alkyl halides is 3. The molecule has 0 spiro atoms. The average molecular weight is 459 g/mol. The van der Waals surface area contributed by atoms with E-state index in [1.165, 1.54) is 11.6 Å². The molecule has 0 amide bonds. The summed E-state index contributed by atoms with van der Waals surface area (Å²) >= 11 is 0. The lowest BCUT2D eigenvalue weighted by Gasteiger charge is -2.25. The molecule has 0 aliphatic carbocycles. The van der Waals surface area contributed by atoms with Crippen LogP contribution in [0.15, 0.2) is 54.4 Å². The first kappa shape index (κ1) is 23.3. The molecule has 8 heteroatoms. The largest absolute Gasteiger partial charge is 0.417 e. The van der Waals surface area contributed by atoms with Crippen molar-refractivity contribution >= 4 is 17.3 Å². The topological polar surface area (TPSA) is 39.7 Å². The number of halogens is 3. The number of carbonyl (C=O) groups excluding carboxylic acids is 1. The van der Waals surface area contributed by atoms with Crippen LogP contribution in [-0.4, -0.2) is 55.4 Å². The number of allylic oxidation sites excluding steroid dienone is 1. The zero-order valence-corrected chi connectivity index (χ0v) is 19.2. The fourth-order valence-electron chi connectivity index (χ4n) is 4.78. The van der Waals surface area contributed by atoms with E-state index in [1.807, 2.05) is 24.1 Å². The molecule has 1 saturated heterocycles. The van der Waals surface area contributed by atoms with Crippen LogP contribution >= 0.6 is 0 Å². The van der Waals surface area contributed by atoms with Crippen LogP contribution in [0.1, 0.15) is 31.4 Å². The standard InChI is InChI=1S/C25H29F3N4O/c1-24(2)20-7-4-5-8-21(20)30(3)22(24)15-19(33)17-31-11-6-12-32(14-13-31)23-10-9-18(16-29-23)25(26,27)28/h4-5,7-10,15-16H,6,11-14,17H2,1-3H3/b22-15-. The van der Waals surface area contributed by atoms with Gasteiger partial charge in [0.15, 0.2) is 5.78 Å². The van der Waals surface area contributed by atoms with Gasteiger partial charge in [-0.2, -0.15) is 13.2 Å². The van der Waals surface area contributed by atoms with Crippen LogP contribution in [0.3, 0.4) is 0 Å². The highest BCUT2D eigenvalue weighted by molar-refractivity contribution is 5.94. The number of hydrogen-bond donors (Lipinski definition) is 0. The lowest BCUT2D eigenvalue weighted by molar-refractivity contribution is -0.137. The minimum absolute atomic E-state index is 0.0545. The molecule has 33 heavy (non-hydrogen) atoms. The maximum atomic E-state index is 13.0. The zero-order chi connectivity index (χ0) is 23.8. The fourth-order valence-corrected chi connectivity index (χ4v) is 4.78. The quantitative estimate of drug-likeness (QED) is 0.632. The molecular weight excluding hydrogens is 429 g/mol. The molecule has 2 aromatic rings. The van der Waals surface area contributed by atoms with Crippen molar-refractivity contribution in [1.82, 2.24) is 9.88 Å². The van der Waals surface area contributed by atoms with Crippen LogP contribution in [0.4, 0.5) is 24.7 Å². The van der Waals surface area contributed by atoms with Gasteiger partial charge in [0.25, 0.3) is 0 Å². The Morgan fingerprint density at radius 3 is 2.52 bits per heavy atom. The van der Waals surface area contributed by atoms with Crippen molar-refractivity contribution in [2.24, 2.45) is 0 Å². The third kappa shape index (κ3) is 4.76. The van der Waals surface area contributed by atoms with E-state index in [-0.39, 0.29) is 11.2 Å². The number of rotatable bonds is 4. The minimum Gasteiger partial charge on any atom is -0.355 e. The Balaban J connectivity index is 1.39. The number of likely N-dealkylation sites (N-methyl/N-ethyl adjacent to an activating group) is 1. The predicted molar refractivity (Wildman–Crippen MR) is 123 cm³/mol. The number of ketones is 1. The lowest BCUT2D eigenvalue weighted by atomic mass is 9.83. The van der Waals surface area contributed by atoms with Crippen molar-refractivity contribution in [3.63, 3.8) is 0 Å². The molecule has 0 unspecified atom stereocenters. The number of hydrogen-bond acceptors (Lipinski definition) is 5. The summed E-state index contributed by atoms with van der Waals surface area (Å²) in [4.78, 5) is 23.2. The lowest BCUT2D eigenvalue weighted by Crippen LogP contribution is -2.34. The number of fused-ring (bicyclic) bond motifs is 1. The molecule has 0 atom stereocenters. The van der Waals surface area contributed by atoms with Crippen LogP contribution in [0.2, 0.25) is 0 Å². The molecular formula is C25H29F3N4O. The number of nitrogens with zero attached hydrogens (tertiary/aromatic N) is 4. The molecule has 2 aliphatic heterocycles. The second-order valence-electron chi connectivity index (χ2n) is 9.22. The number of para-hydroxylation sites is 1. The first-order valence-electron chi connectivity index (χ1n) is 11.2. The Morgan fingerprint density at radius 1 is 1.09 bits per heavy atom. The van der Waals surface area contributed by atoms with Crippen LogP contribution in [-0.2, 0) is 16.4 Å². The smallest absolute Gasteiger partial charge is 0.355 e. The maximum Gasteiger partial charge on any atom is 0.417 e. The molecule has 0 radical (unpaired) electrons. The molecule has 1 fully saturated rings. The Hall–Kier alpha value is -2.87. The van der Waals surface area contributed by atoms with E-state index in [2.05, 4.69) is 40.8 Å². The summed E-state index contributed by atoms with van der Waals surface area (Å²) in [5.74, 6) is 0.587. The highest BCUT2D eigenvalue weighted by atomic mass is 19.4. The van der Waals surface area contributed by atoms with Gasteiger partial charge in [-0.15, -0.1) is 0 Å². The number of pyridine rings is 1. The van der Waals surface area contributed by atoms with Crippen LogP contribution in [0, 0.1) is 0 Å². The Morgan fingerprint density at radius 2 is 1.85 bits per heavy atom.